The van der Waals surface area contributed by atoms with Gasteiger partial charge >= 0.3 is 0 Å². The van der Waals surface area contributed by atoms with Crippen LogP contribution in [0.15, 0.2) is 54.9 Å². The average molecular weight is 349 g/mol. The number of hydrogen-bond donors (Lipinski definition) is 0. The molecule has 0 saturated carbocycles. The van der Waals surface area contributed by atoms with Crippen molar-refractivity contribution in [3.05, 3.63) is 66.1 Å². The van der Waals surface area contributed by atoms with Crippen molar-refractivity contribution in [1.82, 2.24) is 14.5 Å². The van der Waals surface area contributed by atoms with Gasteiger partial charge in [-0.3, -0.25) is 9.78 Å². The standard InChI is InChI=1S/C21H23N3O2/c1-26-11-8-16-13-23-10-3-5-19(23)15-24(14-16)21(25)18-6-7-20-17(12-18)4-2-9-22-20/h2-7,9-10,12,16H,8,11,13-15H2,1H3. The molecular weight excluding hydrogens is 326 g/mol. The van der Waals surface area contributed by atoms with Gasteiger partial charge in [0.2, 0.25) is 0 Å². The van der Waals surface area contributed by atoms with Crippen molar-refractivity contribution in [3.8, 4) is 0 Å². The zero-order valence-electron chi connectivity index (χ0n) is 15.0. The summed E-state index contributed by atoms with van der Waals surface area (Å²) >= 11 is 0. The molecule has 0 N–H and O–H groups in total. The minimum atomic E-state index is 0.0767. The first-order valence-corrected chi connectivity index (χ1v) is 9.01. The lowest BCUT2D eigenvalue weighted by Crippen LogP contribution is -2.34. The highest BCUT2D eigenvalue weighted by molar-refractivity contribution is 5.97. The molecular formula is C21H23N3O2. The summed E-state index contributed by atoms with van der Waals surface area (Å²) in [6.45, 7) is 3.03. The number of fused-ring (bicyclic) bond motifs is 2. The Morgan fingerprint density at radius 1 is 1.23 bits per heavy atom. The molecule has 3 heterocycles. The number of carbonyl (C=O) groups excluding carboxylic acids is 1. The molecule has 0 saturated heterocycles. The molecule has 1 amide bonds. The van der Waals surface area contributed by atoms with Gasteiger partial charge in [-0.1, -0.05) is 6.07 Å². The van der Waals surface area contributed by atoms with Crippen LogP contribution in [0.5, 0.6) is 0 Å². The SMILES string of the molecule is COCCC1CN(C(=O)c2ccc3ncccc3c2)Cc2cccn2C1. The molecule has 4 rings (SSSR count). The quantitative estimate of drug-likeness (QED) is 0.726. The Balaban J connectivity index is 1.62. The monoisotopic (exact) mass is 349 g/mol. The van der Waals surface area contributed by atoms with E-state index in [2.05, 4.69) is 27.9 Å². The fourth-order valence-electron chi connectivity index (χ4n) is 3.69. The predicted octanol–water partition coefficient (Wildman–Crippen LogP) is 3.35. The number of pyridine rings is 1. The molecule has 0 spiro atoms. The van der Waals surface area contributed by atoms with E-state index in [1.54, 1.807) is 13.3 Å². The van der Waals surface area contributed by atoms with E-state index in [1.807, 2.05) is 35.2 Å². The normalized spacial score (nSPS) is 17.1. The molecule has 134 valence electrons. The molecule has 3 aromatic rings. The molecule has 1 aromatic carbocycles. The maximum absolute atomic E-state index is 13.2. The zero-order valence-corrected chi connectivity index (χ0v) is 15.0. The van der Waals surface area contributed by atoms with Crippen molar-refractivity contribution in [2.75, 3.05) is 20.3 Å². The average Bonchev–Trinajstić information content (AvgIpc) is 3.03. The summed E-state index contributed by atoms with van der Waals surface area (Å²) in [4.78, 5) is 19.5. The first-order valence-electron chi connectivity index (χ1n) is 9.01. The Labute approximate surface area is 153 Å². The Morgan fingerprint density at radius 2 is 2.15 bits per heavy atom. The molecule has 0 radical (unpaired) electrons. The van der Waals surface area contributed by atoms with Crippen molar-refractivity contribution >= 4 is 16.8 Å². The van der Waals surface area contributed by atoms with Crippen molar-refractivity contribution in [1.29, 1.82) is 0 Å². The number of rotatable bonds is 4. The van der Waals surface area contributed by atoms with Gasteiger partial charge in [0.25, 0.3) is 5.91 Å². The molecule has 0 aliphatic carbocycles. The minimum Gasteiger partial charge on any atom is -0.385 e. The van der Waals surface area contributed by atoms with Gasteiger partial charge in [0.05, 0.1) is 12.1 Å². The van der Waals surface area contributed by atoms with E-state index >= 15 is 0 Å². The Bertz CT molecular complexity index is 918. The van der Waals surface area contributed by atoms with Gasteiger partial charge in [0, 0.05) is 55.8 Å². The van der Waals surface area contributed by atoms with Gasteiger partial charge in [-0.15, -0.1) is 0 Å². The van der Waals surface area contributed by atoms with Crippen LogP contribution in [-0.2, 0) is 17.8 Å². The summed E-state index contributed by atoms with van der Waals surface area (Å²) in [5.74, 6) is 0.461. The number of benzene rings is 1. The molecule has 0 fully saturated rings. The van der Waals surface area contributed by atoms with E-state index in [9.17, 15) is 4.79 Å². The molecule has 1 aliphatic heterocycles. The van der Waals surface area contributed by atoms with Crippen LogP contribution in [0.1, 0.15) is 22.5 Å². The third kappa shape index (κ3) is 3.35. The molecule has 5 heteroatoms. The molecule has 26 heavy (non-hydrogen) atoms. The predicted molar refractivity (Wildman–Crippen MR) is 101 cm³/mol. The van der Waals surface area contributed by atoms with Crippen LogP contribution >= 0.6 is 0 Å². The lowest BCUT2D eigenvalue weighted by Gasteiger charge is -2.24. The summed E-state index contributed by atoms with van der Waals surface area (Å²) in [5.41, 5.74) is 2.81. The Morgan fingerprint density at radius 3 is 3.04 bits per heavy atom. The van der Waals surface area contributed by atoms with Crippen molar-refractivity contribution in [2.24, 2.45) is 5.92 Å². The molecule has 0 bridgehead atoms. The largest absolute Gasteiger partial charge is 0.385 e. The van der Waals surface area contributed by atoms with Crippen LogP contribution in [0.4, 0.5) is 0 Å². The van der Waals surface area contributed by atoms with Crippen molar-refractivity contribution in [2.45, 2.75) is 19.5 Å². The fourth-order valence-corrected chi connectivity index (χ4v) is 3.69. The van der Waals surface area contributed by atoms with Crippen molar-refractivity contribution in [3.63, 3.8) is 0 Å². The molecule has 1 unspecified atom stereocenters. The van der Waals surface area contributed by atoms with E-state index in [0.717, 1.165) is 36.0 Å². The second kappa shape index (κ2) is 7.30. The summed E-state index contributed by atoms with van der Waals surface area (Å²) in [6.07, 6.45) is 4.82. The van der Waals surface area contributed by atoms with Crippen LogP contribution in [0.2, 0.25) is 0 Å². The van der Waals surface area contributed by atoms with Gasteiger partial charge in [-0.05, 0) is 48.7 Å². The third-order valence-electron chi connectivity index (χ3n) is 5.08. The number of aromatic nitrogens is 2. The van der Waals surface area contributed by atoms with Gasteiger partial charge < -0.3 is 14.2 Å². The maximum atomic E-state index is 13.2. The number of carbonyl (C=O) groups is 1. The first kappa shape index (κ1) is 16.8. The molecule has 1 aliphatic rings. The number of amides is 1. The highest BCUT2D eigenvalue weighted by atomic mass is 16.5. The van der Waals surface area contributed by atoms with Gasteiger partial charge in [-0.2, -0.15) is 0 Å². The zero-order chi connectivity index (χ0) is 17.9. The number of ether oxygens (including phenoxy) is 1. The fraction of sp³-hybridized carbons (Fsp3) is 0.333. The summed E-state index contributed by atoms with van der Waals surface area (Å²) in [5, 5.41) is 0.993. The van der Waals surface area contributed by atoms with Gasteiger partial charge in [0.15, 0.2) is 0 Å². The van der Waals surface area contributed by atoms with E-state index in [1.165, 1.54) is 5.69 Å². The molecule has 1 atom stereocenters. The van der Waals surface area contributed by atoms with Crippen LogP contribution in [0.25, 0.3) is 10.9 Å². The lowest BCUT2D eigenvalue weighted by atomic mass is 10.0. The van der Waals surface area contributed by atoms with Crippen LogP contribution in [0.3, 0.4) is 0 Å². The van der Waals surface area contributed by atoms with E-state index in [4.69, 9.17) is 4.74 Å². The topological polar surface area (TPSA) is 47.4 Å². The third-order valence-corrected chi connectivity index (χ3v) is 5.08. The number of methoxy groups -OCH3 is 1. The van der Waals surface area contributed by atoms with Crippen molar-refractivity contribution < 1.29 is 9.53 Å². The van der Waals surface area contributed by atoms with E-state index in [-0.39, 0.29) is 5.91 Å². The van der Waals surface area contributed by atoms with Gasteiger partial charge in [-0.25, -0.2) is 0 Å². The lowest BCUT2D eigenvalue weighted by molar-refractivity contribution is 0.0705. The molecule has 5 nitrogen and oxygen atoms in total. The maximum Gasteiger partial charge on any atom is 0.254 e. The summed E-state index contributed by atoms with van der Waals surface area (Å²) in [6, 6.07) is 13.8. The van der Waals surface area contributed by atoms with E-state index < -0.39 is 0 Å². The second-order valence-electron chi connectivity index (χ2n) is 6.90. The highest BCUT2D eigenvalue weighted by Crippen LogP contribution is 2.22. The number of hydrogen-bond acceptors (Lipinski definition) is 3. The Hall–Kier alpha value is -2.66. The first-order chi connectivity index (χ1) is 12.7. The molecule has 2 aromatic heterocycles. The number of nitrogens with zero attached hydrogens (tertiary/aromatic N) is 3. The van der Waals surface area contributed by atoms with Crippen LogP contribution in [-0.4, -0.2) is 40.6 Å². The summed E-state index contributed by atoms with van der Waals surface area (Å²) in [7, 11) is 1.73. The van der Waals surface area contributed by atoms with Crippen LogP contribution in [0, 0.1) is 5.92 Å². The van der Waals surface area contributed by atoms with Crippen LogP contribution < -0.4 is 0 Å². The highest BCUT2D eigenvalue weighted by Gasteiger charge is 2.25. The minimum absolute atomic E-state index is 0.0767. The Kier molecular flexibility index (Phi) is 4.71. The smallest absolute Gasteiger partial charge is 0.254 e. The van der Waals surface area contributed by atoms with Gasteiger partial charge in [0.1, 0.15) is 0 Å². The second-order valence-corrected chi connectivity index (χ2v) is 6.90. The van der Waals surface area contributed by atoms with E-state index in [0.29, 0.717) is 19.1 Å². The summed E-state index contributed by atoms with van der Waals surface area (Å²) < 4.78 is 7.53.